The maximum absolute atomic E-state index is 15.1. The summed E-state index contributed by atoms with van der Waals surface area (Å²) in [6.45, 7) is 0. The Hall–Kier alpha value is -7.37. The van der Waals surface area contributed by atoms with Crippen LogP contribution in [0, 0.1) is 0 Å². The second-order valence-corrected chi connectivity index (χ2v) is 13.7. The smallest absolute Gasteiger partial charge is 0.263 e. The highest BCUT2D eigenvalue weighted by molar-refractivity contribution is 6.35. The van der Waals surface area contributed by atoms with Crippen LogP contribution in [0.5, 0.6) is 0 Å². The summed E-state index contributed by atoms with van der Waals surface area (Å²) >= 11 is 0. The molecular formula is C49H30N4O. The molecule has 11 aromatic rings. The van der Waals surface area contributed by atoms with Crippen LogP contribution in [0.3, 0.4) is 0 Å². The van der Waals surface area contributed by atoms with Gasteiger partial charge < -0.3 is 0 Å². The summed E-state index contributed by atoms with van der Waals surface area (Å²) in [5, 5.41) is 7.73. The summed E-state index contributed by atoms with van der Waals surface area (Å²) in [4.78, 5) is 25.7. The lowest BCUT2D eigenvalue weighted by atomic mass is 9.95. The van der Waals surface area contributed by atoms with Gasteiger partial charge >= 0.3 is 0 Å². The molecule has 252 valence electrons. The van der Waals surface area contributed by atoms with E-state index in [9.17, 15) is 0 Å². The molecule has 0 aliphatic carbocycles. The van der Waals surface area contributed by atoms with Crippen molar-refractivity contribution in [3.8, 4) is 34.0 Å². The zero-order valence-electron chi connectivity index (χ0n) is 29.0. The molecule has 0 fully saturated rings. The lowest BCUT2D eigenvalue weighted by molar-refractivity contribution is 1.02. The summed E-state index contributed by atoms with van der Waals surface area (Å²) in [7, 11) is 0. The monoisotopic (exact) mass is 690 g/mol. The lowest BCUT2D eigenvalue weighted by Crippen LogP contribution is -2.19. The number of aromatic nitrogens is 4. The zero-order valence-corrected chi connectivity index (χ0v) is 29.0. The van der Waals surface area contributed by atoms with Crippen molar-refractivity contribution in [3.63, 3.8) is 0 Å². The van der Waals surface area contributed by atoms with Crippen molar-refractivity contribution >= 4 is 65.2 Å². The molecule has 8 aromatic carbocycles. The van der Waals surface area contributed by atoms with E-state index in [1.807, 2.05) is 83.4 Å². The van der Waals surface area contributed by atoms with Gasteiger partial charge in [0, 0.05) is 43.6 Å². The first-order chi connectivity index (χ1) is 26.7. The Labute approximate surface area is 309 Å². The highest BCUT2D eigenvalue weighted by Crippen LogP contribution is 2.44. The highest BCUT2D eigenvalue weighted by atomic mass is 16.1. The Bertz CT molecular complexity index is 3350. The molecule has 0 atom stereocenters. The van der Waals surface area contributed by atoms with E-state index in [-0.39, 0.29) is 5.56 Å². The van der Waals surface area contributed by atoms with Crippen LogP contribution in [-0.4, -0.2) is 19.1 Å². The number of fused-ring (bicyclic) bond motifs is 11. The van der Waals surface area contributed by atoms with Crippen LogP contribution in [-0.2, 0) is 0 Å². The molecule has 0 aliphatic rings. The molecule has 0 radical (unpaired) electrons. The van der Waals surface area contributed by atoms with E-state index in [4.69, 9.17) is 9.97 Å². The van der Waals surface area contributed by atoms with Crippen molar-refractivity contribution in [2.45, 2.75) is 0 Å². The predicted octanol–water partition coefficient (Wildman–Crippen LogP) is 11.7. The average Bonchev–Trinajstić information content (AvgIpc) is 3.60. The minimum Gasteiger partial charge on any atom is -0.277 e. The van der Waals surface area contributed by atoms with Crippen LogP contribution in [0.4, 0.5) is 0 Å². The lowest BCUT2D eigenvalue weighted by Gasteiger charge is -2.18. The third kappa shape index (κ3) is 4.42. The van der Waals surface area contributed by atoms with E-state index < -0.39 is 0 Å². The fraction of sp³-hybridized carbons (Fsp3) is 0. The molecular weight excluding hydrogens is 661 g/mol. The number of para-hydroxylation sites is 2. The van der Waals surface area contributed by atoms with Crippen molar-refractivity contribution in [1.82, 2.24) is 19.1 Å². The van der Waals surface area contributed by atoms with Gasteiger partial charge in [0.15, 0.2) is 0 Å². The van der Waals surface area contributed by atoms with E-state index in [1.165, 1.54) is 0 Å². The van der Waals surface area contributed by atoms with Gasteiger partial charge in [0.1, 0.15) is 0 Å². The molecule has 5 nitrogen and oxygen atoms in total. The number of benzene rings is 8. The second-order valence-electron chi connectivity index (χ2n) is 13.7. The first-order valence-electron chi connectivity index (χ1n) is 18.1. The van der Waals surface area contributed by atoms with Gasteiger partial charge in [-0.15, -0.1) is 0 Å². The molecule has 5 heteroatoms. The van der Waals surface area contributed by atoms with Gasteiger partial charge in [-0.2, -0.15) is 0 Å². The largest absolute Gasteiger partial charge is 0.277 e. The van der Waals surface area contributed by atoms with Gasteiger partial charge in [0.05, 0.1) is 27.8 Å². The normalized spacial score (nSPS) is 11.8. The first kappa shape index (κ1) is 30.3. The predicted molar refractivity (Wildman–Crippen MR) is 223 cm³/mol. The van der Waals surface area contributed by atoms with Crippen LogP contribution >= 0.6 is 0 Å². The minimum atomic E-state index is -0.0648. The summed E-state index contributed by atoms with van der Waals surface area (Å²) in [6, 6.07) is 62.1. The third-order valence-corrected chi connectivity index (χ3v) is 10.7. The maximum atomic E-state index is 15.1. The minimum absolute atomic E-state index is 0.0648. The fourth-order valence-electron chi connectivity index (χ4n) is 8.39. The third-order valence-electron chi connectivity index (χ3n) is 10.7. The maximum Gasteiger partial charge on any atom is 0.263 e. The molecule has 3 heterocycles. The Morgan fingerprint density at radius 2 is 0.963 bits per heavy atom. The number of hydrogen-bond donors (Lipinski definition) is 0. The van der Waals surface area contributed by atoms with Crippen molar-refractivity contribution in [2.75, 3.05) is 0 Å². The average molecular weight is 691 g/mol. The van der Waals surface area contributed by atoms with E-state index >= 15 is 4.79 Å². The number of pyridine rings is 1. The van der Waals surface area contributed by atoms with Crippen molar-refractivity contribution < 1.29 is 0 Å². The molecule has 0 unspecified atom stereocenters. The van der Waals surface area contributed by atoms with Crippen LogP contribution in [0.15, 0.2) is 187 Å². The van der Waals surface area contributed by atoms with E-state index in [1.54, 1.807) is 0 Å². The van der Waals surface area contributed by atoms with Gasteiger partial charge in [-0.3, -0.25) is 13.9 Å². The topological polar surface area (TPSA) is 52.7 Å². The van der Waals surface area contributed by atoms with Crippen LogP contribution in [0.25, 0.3) is 99.2 Å². The molecule has 11 rings (SSSR count). The van der Waals surface area contributed by atoms with Gasteiger partial charge in [-0.25, -0.2) is 9.97 Å². The number of rotatable bonds is 4. The van der Waals surface area contributed by atoms with Gasteiger partial charge in [-0.1, -0.05) is 152 Å². The first-order valence-corrected chi connectivity index (χ1v) is 18.1. The Kier molecular flexibility index (Phi) is 6.64. The van der Waals surface area contributed by atoms with Crippen LogP contribution < -0.4 is 5.56 Å². The number of nitrogens with zero attached hydrogens (tertiary/aromatic N) is 4. The molecule has 0 saturated carbocycles. The van der Waals surface area contributed by atoms with Gasteiger partial charge in [-0.05, 0) is 52.2 Å². The fourth-order valence-corrected chi connectivity index (χ4v) is 8.39. The summed E-state index contributed by atoms with van der Waals surface area (Å²) in [5.74, 6) is 0.573. The second kappa shape index (κ2) is 11.8. The summed E-state index contributed by atoms with van der Waals surface area (Å²) in [5.41, 5.74) is 8.39. The molecule has 0 aliphatic heterocycles. The Balaban J connectivity index is 1.37. The van der Waals surface area contributed by atoms with E-state index in [0.29, 0.717) is 11.3 Å². The Morgan fingerprint density at radius 1 is 0.389 bits per heavy atom. The quantitative estimate of drug-likeness (QED) is 0.173. The van der Waals surface area contributed by atoms with Crippen LogP contribution in [0.1, 0.15) is 0 Å². The van der Waals surface area contributed by atoms with E-state index in [0.717, 1.165) is 87.8 Å². The van der Waals surface area contributed by atoms with Crippen molar-refractivity contribution in [1.29, 1.82) is 0 Å². The summed E-state index contributed by atoms with van der Waals surface area (Å²) in [6.07, 6.45) is 0. The molecule has 0 bridgehead atoms. The molecule has 0 saturated heterocycles. The molecule has 0 amide bonds. The molecule has 3 aromatic heterocycles. The highest BCUT2D eigenvalue weighted by Gasteiger charge is 2.25. The standard InChI is InChI=1S/C49H30N4O/c54-48-38-25-10-8-23-36(38)43-35-22-7-9-24-37(35)46-44(47(43)52(48)34-21-15-20-33(30-34)31-16-3-1-4-17-31)40-27-12-14-29-42(40)53(46)49-50-41-28-13-11-26-39(41)45(51-49)32-18-5-2-6-19-32/h1-30H. The molecule has 0 spiro atoms. The van der Waals surface area contributed by atoms with Crippen molar-refractivity contribution in [3.05, 3.63) is 192 Å². The SMILES string of the molecule is O=c1c2ccccc2c2c3ccccc3c3c(c4ccccc4n3-c3nc(-c4ccccc4)c4ccccc4n3)c2n1-c1cccc(-c2ccccc2)c1. The van der Waals surface area contributed by atoms with Gasteiger partial charge in [0.25, 0.3) is 5.56 Å². The van der Waals surface area contributed by atoms with E-state index in [2.05, 4.69) is 108 Å². The molecule has 54 heavy (non-hydrogen) atoms. The summed E-state index contributed by atoms with van der Waals surface area (Å²) < 4.78 is 4.14. The van der Waals surface area contributed by atoms with Crippen LogP contribution in [0.2, 0.25) is 0 Å². The zero-order chi connectivity index (χ0) is 35.8. The molecule has 0 N–H and O–H groups in total. The number of hydrogen-bond acceptors (Lipinski definition) is 3. The van der Waals surface area contributed by atoms with Crippen molar-refractivity contribution in [2.24, 2.45) is 0 Å². The Morgan fingerprint density at radius 3 is 1.72 bits per heavy atom. The van der Waals surface area contributed by atoms with Gasteiger partial charge in [0.2, 0.25) is 5.95 Å².